The highest BCUT2D eigenvalue weighted by molar-refractivity contribution is 7.91. The molecule has 2 fully saturated rings. The van der Waals surface area contributed by atoms with Gasteiger partial charge in [0.1, 0.15) is 0 Å². The van der Waals surface area contributed by atoms with E-state index in [1.165, 1.54) is 12.8 Å². The third-order valence-electron chi connectivity index (χ3n) is 3.68. The Morgan fingerprint density at radius 1 is 1.47 bits per heavy atom. The van der Waals surface area contributed by atoms with Crippen molar-refractivity contribution < 1.29 is 8.42 Å². The maximum absolute atomic E-state index is 11.6. The third-order valence-corrected chi connectivity index (χ3v) is 5.49. The molecule has 1 aliphatic carbocycles. The maximum atomic E-state index is 11.6. The molecule has 0 bridgehead atoms. The van der Waals surface area contributed by atoms with E-state index in [4.69, 9.17) is 5.73 Å². The van der Waals surface area contributed by atoms with Gasteiger partial charge in [-0.15, -0.1) is 0 Å². The minimum absolute atomic E-state index is 0.255. The molecule has 15 heavy (non-hydrogen) atoms. The average molecular weight is 232 g/mol. The fourth-order valence-electron chi connectivity index (χ4n) is 2.77. The molecule has 2 N–H and O–H groups in total. The average Bonchev–Trinajstić information content (AvgIpc) is 2.94. The number of nitrogens with two attached hydrogens (primary N) is 1. The Balaban J connectivity index is 2.21. The summed E-state index contributed by atoms with van der Waals surface area (Å²) < 4.78 is 23.2. The molecule has 4 nitrogen and oxygen atoms in total. The highest BCUT2D eigenvalue weighted by Crippen LogP contribution is 2.37. The van der Waals surface area contributed by atoms with Gasteiger partial charge in [-0.3, -0.25) is 4.90 Å². The lowest BCUT2D eigenvalue weighted by atomic mass is 9.96. The second-order valence-electron chi connectivity index (χ2n) is 4.79. The zero-order valence-electron chi connectivity index (χ0n) is 9.28. The highest BCUT2D eigenvalue weighted by atomic mass is 32.2. The number of hydrogen-bond acceptors (Lipinski definition) is 4. The van der Waals surface area contributed by atoms with Crippen LogP contribution in [0.4, 0.5) is 0 Å². The first kappa shape index (κ1) is 11.4. The minimum Gasteiger partial charge on any atom is -0.329 e. The summed E-state index contributed by atoms with van der Waals surface area (Å²) in [7, 11) is -2.85. The minimum atomic E-state index is -2.85. The molecule has 0 spiro atoms. The Bertz CT molecular complexity index is 337. The number of hydrogen-bond donors (Lipinski definition) is 1. The van der Waals surface area contributed by atoms with Gasteiger partial charge in [-0.2, -0.15) is 0 Å². The van der Waals surface area contributed by atoms with Crippen LogP contribution in [-0.2, 0) is 9.84 Å². The van der Waals surface area contributed by atoms with Gasteiger partial charge in [0.15, 0.2) is 9.84 Å². The maximum Gasteiger partial charge on any atom is 0.152 e. The number of nitrogens with zero attached hydrogens (tertiary/aromatic N) is 1. The topological polar surface area (TPSA) is 63.4 Å². The van der Waals surface area contributed by atoms with Crippen molar-refractivity contribution in [2.24, 2.45) is 5.73 Å². The van der Waals surface area contributed by atoms with Crippen LogP contribution in [0.3, 0.4) is 0 Å². The Hall–Kier alpha value is -0.130. The van der Waals surface area contributed by atoms with Crippen molar-refractivity contribution in [2.75, 3.05) is 24.6 Å². The predicted octanol–water partition coefficient (Wildman–Crippen LogP) is -0.0133. The van der Waals surface area contributed by atoms with Crippen LogP contribution in [0.25, 0.3) is 0 Å². The van der Waals surface area contributed by atoms with Gasteiger partial charge < -0.3 is 5.73 Å². The van der Waals surface area contributed by atoms with E-state index in [0.717, 1.165) is 13.0 Å². The molecular formula is C10H20N2O2S. The second-order valence-corrected chi connectivity index (χ2v) is 6.97. The summed E-state index contributed by atoms with van der Waals surface area (Å²) in [5.41, 5.74) is 5.57. The molecule has 88 valence electrons. The van der Waals surface area contributed by atoms with Gasteiger partial charge in [-0.05, 0) is 25.8 Å². The number of rotatable bonds is 4. The Kier molecular flexibility index (Phi) is 2.81. The second kappa shape index (κ2) is 3.71. The standard InChI is InChI=1S/C10H20N2O2S/c1-2-12(9-3-4-9)10(7-11)5-6-15(13,14)8-10/h9H,2-8,11H2,1H3. The largest absolute Gasteiger partial charge is 0.329 e. The normalized spacial score (nSPS) is 34.9. The fourth-order valence-corrected chi connectivity index (χ4v) is 4.85. The third kappa shape index (κ3) is 2.05. The molecule has 0 aromatic heterocycles. The van der Waals surface area contributed by atoms with Crippen molar-refractivity contribution in [1.29, 1.82) is 0 Å². The number of likely N-dealkylation sites (N-methyl/N-ethyl adjacent to an activating group) is 1. The van der Waals surface area contributed by atoms with Crippen molar-refractivity contribution in [3.8, 4) is 0 Å². The zero-order chi connectivity index (χ0) is 11.1. The molecule has 5 heteroatoms. The van der Waals surface area contributed by atoms with Crippen LogP contribution in [0.2, 0.25) is 0 Å². The summed E-state index contributed by atoms with van der Waals surface area (Å²) in [5, 5.41) is 0. The monoisotopic (exact) mass is 232 g/mol. The van der Waals surface area contributed by atoms with E-state index >= 15 is 0 Å². The molecule has 2 rings (SSSR count). The molecule has 1 heterocycles. The van der Waals surface area contributed by atoms with E-state index < -0.39 is 9.84 Å². The lowest BCUT2D eigenvalue weighted by Crippen LogP contribution is -2.55. The molecule has 0 aromatic rings. The van der Waals surface area contributed by atoms with Gasteiger partial charge in [0, 0.05) is 18.1 Å². The summed E-state index contributed by atoms with van der Waals surface area (Å²) in [6, 6.07) is 0.590. The fraction of sp³-hybridized carbons (Fsp3) is 1.00. The smallest absolute Gasteiger partial charge is 0.152 e. The van der Waals surface area contributed by atoms with E-state index in [2.05, 4.69) is 11.8 Å². The van der Waals surface area contributed by atoms with Crippen LogP contribution in [0, 0.1) is 0 Å². The zero-order valence-corrected chi connectivity index (χ0v) is 10.1. The van der Waals surface area contributed by atoms with Crippen molar-refractivity contribution >= 4 is 9.84 Å². The lowest BCUT2D eigenvalue weighted by molar-refractivity contribution is 0.114. The van der Waals surface area contributed by atoms with Crippen LogP contribution in [0.5, 0.6) is 0 Å². The molecule has 1 atom stereocenters. The van der Waals surface area contributed by atoms with Crippen LogP contribution in [0.1, 0.15) is 26.2 Å². The van der Waals surface area contributed by atoms with Gasteiger partial charge in [-0.25, -0.2) is 8.42 Å². The Labute approximate surface area is 91.7 Å². The van der Waals surface area contributed by atoms with E-state index in [1.54, 1.807) is 0 Å². The molecule has 1 saturated carbocycles. The molecule has 1 saturated heterocycles. The van der Waals surface area contributed by atoms with Crippen LogP contribution >= 0.6 is 0 Å². The molecule has 0 radical (unpaired) electrons. The molecular weight excluding hydrogens is 212 g/mol. The number of sulfone groups is 1. The van der Waals surface area contributed by atoms with E-state index in [1.807, 2.05) is 0 Å². The summed E-state index contributed by atoms with van der Waals surface area (Å²) in [4.78, 5) is 2.33. The quantitative estimate of drug-likeness (QED) is 0.740. The van der Waals surface area contributed by atoms with E-state index in [9.17, 15) is 8.42 Å². The van der Waals surface area contributed by atoms with Gasteiger partial charge in [0.2, 0.25) is 0 Å². The lowest BCUT2D eigenvalue weighted by Gasteiger charge is -2.39. The van der Waals surface area contributed by atoms with Crippen molar-refractivity contribution in [3.63, 3.8) is 0 Å². The van der Waals surface area contributed by atoms with Gasteiger partial charge in [-0.1, -0.05) is 6.92 Å². The first-order valence-corrected chi connectivity index (χ1v) is 7.52. The van der Waals surface area contributed by atoms with Gasteiger partial charge in [0.05, 0.1) is 11.5 Å². The van der Waals surface area contributed by atoms with Gasteiger partial charge >= 0.3 is 0 Å². The summed E-state index contributed by atoms with van der Waals surface area (Å²) in [6.07, 6.45) is 3.13. The summed E-state index contributed by atoms with van der Waals surface area (Å²) in [6.45, 7) is 3.48. The predicted molar refractivity (Wildman–Crippen MR) is 60.5 cm³/mol. The Morgan fingerprint density at radius 2 is 2.13 bits per heavy atom. The van der Waals surface area contributed by atoms with Crippen molar-refractivity contribution in [1.82, 2.24) is 4.90 Å². The van der Waals surface area contributed by atoms with Crippen LogP contribution in [0.15, 0.2) is 0 Å². The first-order valence-electron chi connectivity index (χ1n) is 5.70. The molecule has 1 unspecified atom stereocenters. The molecule has 1 aliphatic heterocycles. The summed E-state index contributed by atoms with van der Waals surface area (Å²) >= 11 is 0. The molecule has 0 amide bonds. The van der Waals surface area contributed by atoms with E-state index in [0.29, 0.717) is 18.3 Å². The Morgan fingerprint density at radius 3 is 2.47 bits per heavy atom. The van der Waals surface area contributed by atoms with Crippen molar-refractivity contribution in [2.45, 2.75) is 37.8 Å². The summed E-state index contributed by atoms with van der Waals surface area (Å²) in [5.74, 6) is 0.578. The SMILES string of the molecule is CCN(C1CC1)C1(CN)CCS(=O)(=O)C1. The van der Waals surface area contributed by atoms with Crippen LogP contribution in [-0.4, -0.2) is 49.5 Å². The van der Waals surface area contributed by atoms with Crippen molar-refractivity contribution in [3.05, 3.63) is 0 Å². The van der Waals surface area contributed by atoms with E-state index in [-0.39, 0.29) is 11.3 Å². The van der Waals surface area contributed by atoms with Crippen LogP contribution < -0.4 is 5.73 Å². The first-order chi connectivity index (χ1) is 7.03. The molecule has 2 aliphatic rings. The molecule has 0 aromatic carbocycles. The highest BCUT2D eigenvalue weighted by Gasteiger charge is 2.49. The van der Waals surface area contributed by atoms with Gasteiger partial charge in [0.25, 0.3) is 0 Å².